The minimum atomic E-state index is -3.62. The number of nitriles is 1. The molecule has 0 amide bonds. The maximum absolute atomic E-state index is 13.8. The highest BCUT2D eigenvalue weighted by atomic mass is 32.2. The van der Waals surface area contributed by atoms with Crippen LogP contribution < -0.4 is 4.72 Å². The summed E-state index contributed by atoms with van der Waals surface area (Å²) in [6, 6.07) is 21.6. The van der Waals surface area contributed by atoms with Crippen LogP contribution >= 0.6 is 0 Å². The summed E-state index contributed by atoms with van der Waals surface area (Å²) in [6.07, 6.45) is 0.507. The van der Waals surface area contributed by atoms with E-state index >= 15 is 0 Å². The summed E-state index contributed by atoms with van der Waals surface area (Å²) >= 11 is 0. The first-order valence-corrected chi connectivity index (χ1v) is 9.81. The molecule has 0 aliphatic heterocycles. The number of hydrogen-bond donors (Lipinski definition) is 1. The van der Waals surface area contributed by atoms with Crippen molar-refractivity contribution in [1.82, 2.24) is 4.72 Å². The molecule has 0 atom stereocenters. The summed E-state index contributed by atoms with van der Waals surface area (Å²) in [5.74, 6) is -0.277. The molecule has 0 aliphatic rings. The fraction of sp³-hybridized carbons (Fsp3) is 0.0952. The van der Waals surface area contributed by atoms with E-state index < -0.39 is 10.0 Å². The zero-order valence-electron chi connectivity index (χ0n) is 14.4. The van der Waals surface area contributed by atoms with Crippen molar-refractivity contribution in [3.8, 4) is 17.2 Å². The molecule has 0 unspecified atom stereocenters. The van der Waals surface area contributed by atoms with Gasteiger partial charge in [0, 0.05) is 12.1 Å². The van der Waals surface area contributed by atoms with Gasteiger partial charge in [-0.25, -0.2) is 17.5 Å². The van der Waals surface area contributed by atoms with Gasteiger partial charge in [-0.05, 0) is 47.9 Å². The Labute approximate surface area is 158 Å². The molecule has 3 rings (SSSR count). The van der Waals surface area contributed by atoms with Gasteiger partial charge in [0.05, 0.1) is 16.5 Å². The van der Waals surface area contributed by atoms with E-state index in [1.54, 1.807) is 18.2 Å². The highest BCUT2D eigenvalue weighted by Gasteiger charge is 2.13. The van der Waals surface area contributed by atoms with Crippen molar-refractivity contribution in [3.05, 3.63) is 89.7 Å². The van der Waals surface area contributed by atoms with Crippen LogP contribution in [0.25, 0.3) is 11.1 Å². The molecule has 27 heavy (non-hydrogen) atoms. The molecular formula is C21H17FN2O2S. The van der Waals surface area contributed by atoms with Gasteiger partial charge in [0.25, 0.3) is 0 Å². The van der Waals surface area contributed by atoms with Crippen LogP contribution in [0.15, 0.2) is 77.7 Å². The Hall–Kier alpha value is -3.01. The molecule has 0 saturated heterocycles. The topological polar surface area (TPSA) is 70.0 Å². The Balaban J connectivity index is 1.62. The summed E-state index contributed by atoms with van der Waals surface area (Å²) in [5, 5.41) is 8.77. The van der Waals surface area contributed by atoms with E-state index in [1.807, 2.05) is 30.3 Å². The standard InChI is InChI=1S/C21H17FN2O2S/c22-21-4-2-1-3-20(21)18-9-5-16(6-10-18)13-14-24-27(25,26)19-11-7-17(15-23)8-12-19/h1-12,24H,13-14H2. The lowest BCUT2D eigenvalue weighted by Crippen LogP contribution is -2.26. The second-order valence-electron chi connectivity index (χ2n) is 5.96. The van der Waals surface area contributed by atoms with Crippen molar-refractivity contribution in [2.75, 3.05) is 6.54 Å². The van der Waals surface area contributed by atoms with Crippen LogP contribution in [-0.2, 0) is 16.4 Å². The third-order valence-corrected chi connectivity index (χ3v) is 5.62. The molecule has 136 valence electrons. The maximum Gasteiger partial charge on any atom is 0.240 e. The van der Waals surface area contributed by atoms with E-state index in [9.17, 15) is 12.8 Å². The largest absolute Gasteiger partial charge is 0.240 e. The van der Waals surface area contributed by atoms with E-state index in [0.29, 0.717) is 17.5 Å². The average Bonchev–Trinajstić information content (AvgIpc) is 2.69. The number of benzene rings is 3. The lowest BCUT2D eigenvalue weighted by molar-refractivity contribution is 0.581. The Morgan fingerprint density at radius 3 is 2.22 bits per heavy atom. The highest BCUT2D eigenvalue weighted by Crippen LogP contribution is 2.22. The molecule has 0 heterocycles. The van der Waals surface area contributed by atoms with E-state index in [0.717, 1.165) is 11.1 Å². The maximum atomic E-state index is 13.8. The van der Waals surface area contributed by atoms with Gasteiger partial charge in [0.15, 0.2) is 0 Å². The lowest BCUT2D eigenvalue weighted by atomic mass is 10.0. The zero-order chi connectivity index (χ0) is 19.3. The van der Waals surface area contributed by atoms with Gasteiger partial charge in [0.1, 0.15) is 5.82 Å². The third-order valence-electron chi connectivity index (χ3n) is 4.14. The molecule has 4 nitrogen and oxygen atoms in total. The van der Waals surface area contributed by atoms with Gasteiger partial charge < -0.3 is 0 Å². The van der Waals surface area contributed by atoms with Crippen molar-refractivity contribution in [2.45, 2.75) is 11.3 Å². The van der Waals surface area contributed by atoms with Crippen molar-refractivity contribution in [2.24, 2.45) is 0 Å². The molecule has 0 fully saturated rings. The quantitative estimate of drug-likeness (QED) is 0.705. The van der Waals surface area contributed by atoms with E-state index in [4.69, 9.17) is 5.26 Å². The van der Waals surface area contributed by atoms with Gasteiger partial charge in [-0.1, -0.05) is 42.5 Å². The molecule has 1 N–H and O–H groups in total. The van der Waals surface area contributed by atoms with Crippen LogP contribution in [0.3, 0.4) is 0 Å². The molecule has 0 radical (unpaired) electrons. The monoisotopic (exact) mass is 380 g/mol. The summed E-state index contributed by atoms with van der Waals surface area (Å²) < 4.78 is 40.9. The smallest absolute Gasteiger partial charge is 0.211 e. The SMILES string of the molecule is N#Cc1ccc(S(=O)(=O)NCCc2ccc(-c3ccccc3F)cc2)cc1. The van der Waals surface area contributed by atoms with Crippen LogP contribution in [-0.4, -0.2) is 15.0 Å². The predicted octanol–water partition coefficient (Wildman–Crippen LogP) is 3.89. The lowest BCUT2D eigenvalue weighted by Gasteiger charge is -2.08. The van der Waals surface area contributed by atoms with E-state index in [2.05, 4.69) is 4.72 Å². The Bertz CT molecular complexity index is 1070. The first kappa shape index (κ1) is 18.8. The zero-order valence-corrected chi connectivity index (χ0v) is 15.2. The molecule has 3 aromatic carbocycles. The van der Waals surface area contributed by atoms with Crippen molar-refractivity contribution >= 4 is 10.0 Å². The summed E-state index contributed by atoms with van der Waals surface area (Å²) in [7, 11) is -3.62. The van der Waals surface area contributed by atoms with Gasteiger partial charge in [-0.15, -0.1) is 0 Å². The molecule has 0 aromatic heterocycles. The number of nitrogens with one attached hydrogen (secondary N) is 1. The van der Waals surface area contributed by atoms with Gasteiger partial charge in [-0.2, -0.15) is 5.26 Å². The van der Waals surface area contributed by atoms with Crippen molar-refractivity contribution in [3.63, 3.8) is 0 Å². The minimum Gasteiger partial charge on any atom is -0.211 e. The highest BCUT2D eigenvalue weighted by molar-refractivity contribution is 7.89. The molecule has 6 heteroatoms. The third kappa shape index (κ3) is 4.59. The molecule has 0 bridgehead atoms. The second-order valence-corrected chi connectivity index (χ2v) is 7.73. The normalized spacial score (nSPS) is 11.1. The average molecular weight is 380 g/mol. The fourth-order valence-corrected chi connectivity index (χ4v) is 3.70. The first-order valence-electron chi connectivity index (χ1n) is 8.33. The minimum absolute atomic E-state index is 0.122. The molecular weight excluding hydrogens is 363 g/mol. The Kier molecular flexibility index (Phi) is 5.65. The number of hydrogen-bond acceptors (Lipinski definition) is 3. The number of halogens is 1. The van der Waals surface area contributed by atoms with Gasteiger partial charge in [0.2, 0.25) is 10.0 Å². The summed E-state index contributed by atoms with van der Waals surface area (Å²) in [5.41, 5.74) is 2.65. The van der Waals surface area contributed by atoms with Crippen LogP contribution in [0, 0.1) is 17.1 Å². The van der Waals surface area contributed by atoms with Crippen LogP contribution in [0.5, 0.6) is 0 Å². The number of nitrogens with zero attached hydrogens (tertiary/aromatic N) is 1. The Morgan fingerprint density at radius 2 is 1.59 bits per heavy atom. The second kappa shape index (κ2) is 8.12. The van der Waals surface area contributed by atoms with Crippen LogP contribution in [0.1, 0.15) is 11.1 Å². The molecule has 0 aliphatic carbocycles. The molecule has 0 spiro atoms. The van der Waals surface area contributed by atoms with E-state index in [-0.39, 0.29) is 17.3 Å². The Morgan fingerprint density at radius 1 is 0.926 bits per heavy atom. The predicted molar refractivity (Wildman–Crippen MR) is 102 cm³/mol. The summed E-state index contributed by atoms with van der Waals surface area (Å²) in [4.78, 5) is 0.122. The van der Waals surface area contributed by atoms with Crippen LogP contribution in [0.2, 0.25) is 0 Å². The summed E-state index contributed by atoms with van der Waals surface area (Å²) in [6.45, 7) is 0.237. The van der Waals surface area contributed by atoms with Crippen LogP contribution in [0.4, 0.5) is 4.39 Å². The molecule has 3 aromatic rings. The van der Waals surface area contributed by atoms with Gasteiger partial charge >= 0.3 is 0 Å². The number of rotatable bonds is 6. The first-order chi connectivity index (χ1) is 13.0. The van der Waals surface area contributed by atoms with Gasteiger partial charge in [-0.3, -0.25) is 0 Å². The number of sulfonamides is 1. The van der Waals surface area contributed by atoms with Crippen molar-refractivity contribution < 1.29 is 12.8 Å². The van der Waals surface area contributed by atoms with Crippen molar-refractivity contribution in [1.29, 1.82) is 5.26 Å². The molecule has 0 saturated carbocycles. The fourth-order valence-electron chi connectivity index (χ4n) is 2.67. The van der Waals surface area contributed by atoms with E-state index in [1.165, 1.54) is 30.3 Å².